The number of nitrogens with one attached hydrogen (secondary N) is 1. The van der Waals surface area contributed by atoms with Gasteiger partial charge >= 0.3 is 11.9 Å². The third-order valence-electron chi connectivity index (χ3n) is 3.96. The number of carbonyl (C=O) groups is 3. The first-order valence-corrected chi connectivity index (χ1v) is 10.4. The molecule has 1 amide bonds. The highest BCUT2D eigenvalue weighted by Crippen LogP contribution is 2.26. The molecule has 2 aromatic rings. The molecule has 2 aromatic carbocycles. The molecular formula is C19H18ClFN2O7S. The van der Waals surface area contributed by atoms with Gasteiger partial charge in [-0.1, -0.05) is 11.6 Å². The Hall–Kier alpha value is -3.18. The summed E-state index contributed by atoms with van der Waals surface area (Å²) in [5.74, 6) is -2.93. The van der Waals surface area contributed by atoms with Crippen LogP contribution in [0.3, 0.4) is 0 Å². The van der Waals surface area contributed by atoms with Gasteiger partial charge in [-0.2, -0.15) is 0 Å². The van der Waals surface area contributed by atoms with Crippen molar-refractivity contribution in [3.63, 3.8) is 0 Å². The highest BCUT2D eigenvalue weighted by Gasteiger charge is 2.24. The molecule has 0 aromatic heterocycles. The van der Waals surface area contributed by atoms with Crippen molar-refractivity contribution in [2.24, 2.45) is 0 Å². The van der Waals surface area contributed by atoms with E-state index in [1.54, 1.807) is 0 Å². The number of carbonyl (C=O) groups excluding carboxylic acids is 3. The molecule has 9 nitrogen and oxygen atoms in total. The summed E-state index contributed by atoms with van der Waals surface area (Å²) in [6.45, 7) is -1.08. The van der Waals surface area contributed by atoms with Crippen LogP contribution in [0.5, 0.6) is 0 Å². The smallest absolute Gasteiger partial charge is 0.325 e. The number of esters is 2. The molecule has 0 heterocycles. The van der Waals surface area contributed by atoms with E-state index in [4.69, 9.17) is 11.6 Å². The summed E-state index contributed by atoms with van der Waals surface area (Å²) in [5, 5.41) is -0.0188. The average molecular weight is 473 g/mol. The molecule has 31 heavy (non-hydrogen) atoms. The first kappa shape index (κ1) is 24.1. The summed E-state index contributed by atoms with van der Waals surface area (Å²) in [4.78, 5) is 36.7. The molecule has 0 aliphatic rings. The fraction of sp³-hybridized carbons (Fsp3) is 0.211. The number of nitrogens with zero attached hydrogens (tertiary/aromatic N) is 1. The van der Waals surface area contributed by atoms with Crippen LogP contribution in [-0.2, 0) is 29.1 Å². The molecule has 0 unspecified atom stereocenters. The highest BCUT2D eigenvalue weighted by atomic mass is 35.5. The van der Waals surface area contributed by atoms with Crippen molar-refractivity contribution in [1.82, 2.24) is 4.90 Å². The van der Waals surface area contributed by atoms with Crippen LogP contribution in [0.15, 0.2) is 47.4 Å². The Labute approximate surface area is 182 Å². The maximum Gasteiger partial charge on any atom is 0.325 e. The average Bonchev–Trinajstić information content (AvgIpc) is 2.74. The van der Waals surface area contributed by atoms with E-state index in [0.29, 0.717) is 0 Å². The maximum atomic E-state index is 13.1. The van der Waals surface area contributed by atoms with Crippen LogP contribution in [0.4, 0.5) is 10.1 Å². The lowest BCUT2D eigenvalue weighted by atomic mass is 10.1. The van der Waals surface area contributed by atoms with Crippen LogP contribution >= 0.6 is 11.6 Å². The van der Waals surface area contributed by atoms with Crippen molar-refractivity contribution in [2.45, 2.75) is 4.90 Å². The van der Waals surface area contributed by atoms with Crippen LogP contribution in [0.2, 0.25) is 5.02 Å². The maximum absolute atomic E-state index is 13.1. The Kier molecular flexibility index (Phi) is 7.95. The lowest BCUT2D eigenvalue weighted by Crippen LogP contribution is -2.40. The van der Waals surface area contributed by atoms with E-state index < -0.39 is 46.8 Å². The van der Waals surface area contributed by atoms with Gasteiger partial charge in [0, 0.05) is 5.56 Å². The monoisotopic (exact) mass is 472 g/mol. The predicted octanol–water partition coefficient (Wildman–Crippen LogP) is 2.07. The fourth-order valence-electron chi connectivity index (χ4n) is 2.38. The van der Waals surface area contributed by atoms with E-state index in [0.717, 1.165) is 49.5 Å². The number of rotatable bonds is 8. The molecular weight excluding hydrogens is 455 g/mol. The van der Waals surface area contributed by atoms with Crippen LogP contribution in [0.1, 0.15) is 10.4 Å². The van der Waals surface area contributed by atoms with Gasteiger partial charge < -0.3 is 14.4 Å². The molecule has 0 bridgehead atoms. The Balaban J connectivity index is 2.34. The summed E-state index contributed by atoms with van der Waals surface area (Å²) in [6, 6.07) is 7.80. The summed E-state index contributed by atoms with van der Waals surface area (Å²) in [6.07, 6.45) is 0. The largest absolute Gasteiger partial charge is 0.468 e. The van der Waals surface area contributed by atoms with E-state index in [1.807, 2.05) is 0 Å². The van der Waals surface area contributed by atoms with Gasteiger partial charge in [-0.15, -0.1) is 0 Å². The zero-order chi connectivity index (χ0) is 23.2. The molecule has 0 fully saturated rings. The van der Waals surface area contributed by atoms with Gasteiger partial charge in [-0.05, 0) is 42.5 Å². The molecule has 2 rings (SSSR count). The molecule has 0 saturated carbocycles. The SMILES string of the molecule is COC(=O)CN(CC(=O)OC)C(=O)c1ccc(Cl)c(NS(=O)(=O)c2ccc(F)cc2)c1. The zero-order valence-corrected chi connectivity index (χ0v) is 18.0. The summed E-state index contributed by atoms with van der Waals surface area (Å²) < 4.78 is 49.4. The summed E-state index contributed by atoms with van der Waals surface area (Å²) >= 11 is 6.05. The van der Waals surface area contributed by atoms with Crippen LogP contribution in [0, 0.1) is 5.82 Å². The van der Waals surface area contributed by atoms with E-state index in [2.05, 4.69) is 14.2 Å². The molecule has 0 aliphatic heterocycles. The number of hydrogen-bond donors (Lipinski definition) is 1. The minimum Gasteiger partial charge on any atom is -0.468 e. The normalized spacial score (nSPS) is 10.8. The standard InChI is InChI=1S/C19H18ClFN2O7S/c1-29-17(24)10-23(11-18(25)30-2)19(26)12-3-8-15(20)16(9-12)22-31(27,28)14-6-4-13(21)5-7-14/h3-9,22H,10-11H2,1-2H3. The Morgan fingerprint density at radius 1 is 1.00 bits per heavy atom. The Morgan fingerprint density at radius 2 is 1.55 bits per heavy atom. The molecule has 166 valence electrons. The second-order valence-corrected chi connectivity index (χ2v) is 8.16. The van der Waals surface area contributed by atoms with Crippen LogP contribution in [-0.4, -0.2) is 58.5 Å². The van der Waals surface area contributed by atoms with E-state index in [-0.39, 0.29) is 21.2 Å². The number of ether oxygens (including phenoxy) is 2. The van der Waals surface area contributed by atoms with Crippen molar-refractivity contribution < 1.29 is 36.7 Å². The molecule has 0 atom stereocenters. The van der Waals surface area contributed by atoms with Gasteiger partial charge in [0.25, 0.3) is 15.9 Å². The quantitative estimate of drug-likeness (QED) is 0.584. The number of hydrogen-bond acceptors (Lipinski definition) is 7. The van der Waals surface area contributed by atoms with Gasteiger partial charge in [0.2, 0.25) is 0 Å². The third kappa shape index (κ3) is 6.40. The van der Waals surface area contributed by atoms with E-state index >= 15 is 0 Å². The van der Waals surface area contributed by atoms with E-state index in [1.165, 1.54) is 12.1 Å². The van der Waals surface area contributed by atoms with Crippen LogP contribution < -0.4 is 4.72 Å². The van der Waals surface area contributed by atoms with Crippen molar-refractivity contribution in [3.8, 4) is 0 Å². The molecule has 0 radical (unpaired) electrons. The molecule has 0 spiro atoms. The number of sulfonamides is 1. The number of benzene rings is 2. The highest BCUT2D eigenvalue weighted by molar-refractivity contribution is 7.92. The van der Waals surface area contributed by atoms with Gasteiger partial charge in [-0.3, -0.25) is 19.1 Å². The first-order chi connectivity index (χ1) is 14.6. The molecule has 0 saturated heterocycles. The second-order valence-electron chi connectivity index (χ2n) is 6.07. The van der Waals surface area contributed by atoms with Gasteiger partial charge in [0.05, 0.1) is 29.8 Å². The number of methoxy groups -OCH3 is 2. The second kappa shape index (κ2) is 10.2. The number of amides is 1. The van der Waals surface area contributed by atoms with Gasteiger partial charge in [0.15, 0.2) is 0 Å². The molecule has 1 N–H and O–H groups in total. The third-order valence-corrected chi connectivity index (χ3v) is 5.68. The van der Waals surface area contributed by atoms with Crippen molar-refractivity contribution >= 4 is 45.2 Å². The van der Waals surface area contributed by atoms with Gasteiger partial charge in [0.1, 0.15) is 18.9 Å². The number of halogens is 2. The predicted molar refractivity (Wildman–Crippen MR) is 109 cm³/mol. The molecule has 12 heteroatoms. The Bertz CT molecular complexity index is 1070. The van der Waals surface area contributed by atoms with E-state index in [9.17, 15) is 27.2 Å². The minimum atomic E-state index is -4.14. The number of anilines is 1. The first-order valence-electron chi connectivity index (χ1n) is 8.58. The van der Waals surface area contributed by atoms with Crippen molar-refractivity contribution in [3.05, 3.63) is 58.9 Å². The lowest BCUT2D eigenvalue weighted by Gasteiger charge is -2.20. The fourth-order valence-corrected chi connectivity index (χ4v) is 3.67. The Morgan fingerprint density at radius 3 is 2.06 bits per heavy atom. The van der Waals surface area contributed by atoms with Crippen LogP contribution in [0.25, 0.3) is 0 Å². The molecule has 0 aliphatic carbocycles. The summed E-state index contributed by atoms with van der Waals surface area (Å²) in [5.41, 5.74) is -0.193. The van der Waals surface area contributed by atoms with Crippen molar-refractivity contribution in [1.29, 1.82) is 0 Å². The van der Waals surface area contributed by atoms with Crippen molar-refractivity contribution in [2.75, 3.05) is 32.0 Å². The lowest BCUT2D eigenvalue weighted by molar-refractivity contribution is -0.144. The zero-order valence-electron chi connectivity index (χ0n) is 16.4. The minimum absolute atomic E-state index is 0.0188. The topological polar surface area (TPSA) is 119 Å². The summed E-state index contributed by atoms with van der Waals surface area (Å²) in [7, 11) is -1.90. The van der Waals surface area contributed by atoms with Gasteiger partial charge in [-0.25, -0.2) is 12.8 Å².